The van der Waals surface area contributed by atoms with Gasteiger partial charge in [-0.1, -0.05) is 55.5 Å². The van der Waals surface area contributed by atoms with Gasteiger partial charge in [-0.2, -0.15) is 0 Å². The molecule has 0 radical (unpaired) electrons. The van der Waals surface area contributed by atoms with Gasteiger partial charge >= 0.3 is 12.1 Å². The minimum absolute atomic E-state index is 0.101. The van der Waals surface area contributed by atoms with E-state index in [2.05, 4.69) is 27.5 Å². The highest BCUT2D eigenvalue weighted by atomic mass is 16.6. The highest BCUT2D eigenvalue weighted by Gasteiger charge is 2.47. The van der Waals surface area contributed by atoms with Crippen molar-refractivity contribution in [2.75, 3.05) is 13.7 Å². The molecule has 1 aliphatic heterocycles. The molecule has 12 heteroatoms. The zero-order valence-electron chi connectivity index (χ0n) is 24.0. The van der Waals surface area contributed by atoms with Crippen molar-refractivity contribution in [2.24, 2.45) is 0 Å². The molecule has 2 atom stereocenters. The molecule has 2 aromatic heterocycles. The second kappa shape index (κ2) is 12.3. The monoisotopic (exact) mass is 571 g/mol. The summed E-state index contributed by atoms with van der Waals surface area (Å²) >= 11 is 0. The van der Waals surface area contributed by atoms with E-state index < -0.39 is 24.1 Å². The Morgan fingerprint density at radius 2 is 1.79 bits per heavy atom. The van der Waals surface area contributed by atoms with Gasteiger partial charge in [-0.15, -0.1) is 5.10 Å². The number of ether oxygens (including phenoxy) is 2. The fraction of sp³-hybridized carbons (Fsp3) is 0.367. The molecule has 3 heterocycles. The molecule has 12 nitrogen and oxygen atoms in total. The summed E-state index contributed by atoms with van der Waals surface area (Å²) in [5, 5.41) is 14.3. The fourth-order valence-electron chi connectivity index (χ4n) is 5.55. The van der Waals surface area contributed by atoms with E-state index in [9.17, 15) is 14.4 Å². The van der Waals surface area contributed by atoms with Gasteiger partial charge in [0.05, 0.1) is 25.1 Å². The molecule has 0 aliphatic carbocycles. The predicted molar refractivity (Wildman–Crippen MR) is 152 cm³/mol. The third kappa shape index (κ3) is 5.39. The first-order valence-electron chi connectivity index (χ1n) is 13.9. The molecule has 0 spiro atoms. The average molecular weight is 572 g/mol. The van der Waals surface area contributed by atoms with Crippen LogP contribution in [0.3, 0.4) is 0 Å². The van der Waals surface area contributed by atoms with Crippen LogP contribution in [0.1, 0.15) is 56.0 Å². The number of aromatic nitrogens is 6. The lowest BCUT2D eigenvalue weighted by Gasteiger charge is -2.38. The number of esters is 1. The second-order valence-corrected chi connectivity index (χ2v) is 10.1. The van der Waals surface area contributed by atoms with Gasteiger partial charge in [-0.05, 0) is 47.4 Å². The van der Waals surface area contributed by atoms with Crippen LogP contribution in [0.15, 0.2) is 48.5 Å². The predicted octanol–water partition coefficient (Wildman–Crippen LogP) is 3.92. The summed E-state index contributed by atoms with van der Waals surface area (Å²) in [6.07, 6.45) is 0.875. The molecule has 1 amide bonds. The maximum Gasteiger partial charge on any atom is 0.411 e. The van der Waals surface area contributed by atoms with Crippen molar-refractivity contribution in [3.63, 3.8) is 0 Å². The summed E-state index contributed by atoms with van der Waals surface area (Å²) in [6.45, 7) is 5.67. The van der Waals surface area contributed by atoms with Crippen LogP contribution in [0.25, 0.3) is 22.5 Å². The van der Waals surface area contributed by atoms with E-state index in [4.69, 9.17) is 14.5 Å². The Balaban J connectivity index is 1.55. The summed E-state index contributed by atoms with van der Waals surface area (Å²) in [4.78, 5) is 45.2. The van der Waals surface area contributed by atoms with Crippen LogP contribution in [-0.2, 0) is 38.4 Å². The SMILES string of the molecule is CCCc1nc2c(n1Cc1ccc(-c3ccccc3-c3nnn[nH]3)cc1)C(C(C)=O)N(C(=O)OCC)C(C(=O)OC)C2. The number of hydrogen-bond acceptors (Lipinski definition) is 9. The molecular formula is C30H33N7O5. The van der Waals surface area contributed by atoms with Crippen LogP contribution in [0.2, 0.25) is 0 Å². The number of ketones is 1. The summed E-state index contributed by atoms with van der Waals surface area (Å²) in [5.74, 6) is 0.449. The Morgan fingerprint density at radius 1 is 1.05 bits per heavy atom. The lowest BCUT2D eigenvalue weighted by Crippen LogP contribution is -2.54. The molecule has 218 valence electrons. The van der Waals surface area contributed by atoms with Gasteiger partial charge in [0.25, 0.3) is 0 Å². The van der Waals surface area contributed by atoms with Crippen molar-refractivity contribution in [1.82, 2.24) is 35.1 Å². The topological polar surface area (TPSA) is 145 Å². The van der Waals surface area contributed by atoms with E-state index in [-0.39, 0.29) is 18.8 Å². The van der Waals surface area contributed by atoms with Crippen LogP contribution >= 0.6 is 0 Å². The van der Waals surface area contributed by atoms with Crippen molar-refractivity contribution in [1.29, 1.82) is 0 Å². The van der Waals surface area contributed by atoms with Crippen molar-refractivity contribution in [3.05, 3.63) is 71.3 Å². The maximum absolute atomic E-state index is 13.2. The summed E-state index contributed by atoms with van der Waals surface area (Å²) in [5.41, 5.74) is 5.04. The van der Waals surface area contributed by atoms with Gasteiger partial charge in [0.2, 0.25) is 0 Å². The summed E-state index contributed by atoms with van der Waals surface area (Å²) < 4.78 is 12.3. The van der Waals surface area contributed by atoms with E-state index >= 15 is 0 Å². The Kier molecular flexibility index (Phi) is 8.41. The fourth-order valence-corrected chi connectivity index (χ4v) is 5.55. The Hall–Kier alpha value is -4.87. The zero-order chi connectivity index (χ0) is 29.8. The molecule has 0 saturated carbocycles. The first-order valence-corrected chi connectivity index (χ1v) is 13.9. The number of nitrogens with zero attached hydrogens (tertiary/aromatic N) is 6. The Morgan fingerprint density at radius 3 is 2.40 bits per heavy atom. The summed E-state index contributed by atoms with van der Waals surface area (Å²) in [7, 11) is 1.26. The number of fused-ring (bicyclic) bond motifs is 1. The molecule has 5 rings (SSSR count). The number of aryl methyl sites for hydroxylation is 1. The van der Waals surface area contributed by atoms with Crippen LogP contribution in [0, 0.1) is 0 Å². The summed E-state index contributed by atoms with van der Waals surface area (Å²) in [6, 6.07) is 13.9. The zero-order valence-corrected chi connectivity index (χ0v) is 24.0. The second-order valence-electron chi connectivity index (χ2n) is 10.1. The van der Waals surface area contributed by atoms with Crippen LogP contribution < -0.4 is 0 Å². The largest absolute Gasteiger partial charge is 0.467 e. The molecule has 1 N–H and O–H groups in total. The molecule has 42 heavy (non-hydrogen) atoms. The number of methoxy groups -OCH3 is 1. The van der Waals surface area contributed by atoms with E-state index in [1.165, 1.54) is 18.9 Å². The number of carbonyl (C=O) groups excluding carboxylic acids is 3. The molecule has 1 aliphatic rings. The first-order chi connectivity index (χ1) is 20.4. The van der Waals surface area contributed by atoms with E-state index in [1.54, 1.807) is 6.92 Å². The number of H-pyrrole nitrogens is 1. The Bertz CT molecular complexity index is 1580. The van der Waals surface area contributed by atoms with Gasteiger partial charge in [0, 0.05) is 24.9 Å². The molecule has 2 aromatic carbocycles. The van der Waals surface area contributed by atoms with Crippen LogP contribution in [0.5, 0.6) is 0 Å². The number of tetrazole rings is 1. The van der Waals surface area contributed by atoms with Crippen molar-refractivity contribution in [3.8, 4) is 22.5 Å². The van der Waals surface area contributed by atoms with Gasteiger partial charge in [-0.25, -0.2) is 19.7 Å². The van der Waals surface area contributed by atoms with Gasteiger partial charge in [-0.3, -0.25) is 9.69 Å². The average Bonchev–Trinajstić information content (AvgIpc) is 3.65. The molecule has 0 fully saturated rings. The molecule has 2 unspecified atom stereocenters. The number of imidazole rings is 1. The smallest absolute Gasteiger partial charge is 0.411 e. The number of rotatable bonds is 9. The number of aromatic amines is 1. The number of benzene rings is 2. The number of hydrogen-bond donors (Lipinski definition) is 1. The van der Waals surface area contributed by atoms with Crippen molar-refractivity contribution in [2.45, 2.75) is 58.7 Å². The number of Topliss-reactive ketones (excluding diaryl/α,β-unsaturated/α-hetero) is 1. The minimum Gasteiger partial charge on any atom is -0.467 e. The van der Waals surface area contributed by atoms with Gasteiger partial charge in [0.1, 0.15) is 17.9 Å². The first kappa shape index (κ1) is 28.7. The lowest BCUT2D eigenvalue weighted by atomic mass is 9.93. The van der Waals surface area contributed by atoms with Crippen LogP contribution in [0.4, 0.5) is 4.79 Å². The van der Waals surface area contributed by atoms with Crippen LogP contribution in [-0.4, -0.2) is 72.7 Å². The number of carbonyl (C=O) groups is 3. The maximum atomic E-state index is 13.2. The minimum atomic E-state index is -1.04. The van der Waals surface area contributed by atoms with E-state index in [0.29, 0.717) is 30.2 Å². The molecule has 0 saturated heterocycles. The molecule has 0 bridgehead atoms. The third-order valence-electron chi connectivity index (χ3n) is 7.37. The van der Waals surface area contributed by atoms with E-state index in [0.717, 1.165) is 34.5 Å². The molecule has 4 aromatic rings. The van der Waals surface area contributed by atoms with Gasteiger partial charge in [0.15, 0.2) is 11.6 Å². The number of nitrogens with one attached hydrogen (secondary N) is 1. The van der Waals surface area contributed by atoms with E-state index in [1.807, 2.05) is 53.1 Å². The highest BCUT2D eigenvalue weighted by Crippen LogP contribution is 2.37. The Labute approximate surface area is 243 Å². The van der Waals surface area contributed by atoms with Gasteiger partial charge < -0.3 is 14.0 Å². The lowest BCUT2D eigenvalue weighted by molar-refractivity contribution is -0.148. The normalized spacial score (nSPS) is 16.1. The quantitative estimate of drug-likeness (QED) is 0.295. The van der Waals surface area contributed by atoms with Crippen molar-refractivity contribution < 1.29 is 23.9 Å². The highest BCUT2D eigenvalue weighted by molar-refractivity contribution is 5.91. The standard InChI is InChI=1S/C30H33N7O5/c1-5-9-25-31-23-16-24(29(39)41-4)37(30(40)42-6-2)26(18(3)38)27(23)36(25)17-19-12-14-20(15-13-19)21-10-7-8-11-22(21)28-32-34-35-33-28/h7-8,10-15,24,26H,5-6,9,16-17H2,1-4H3,(H,32,33,34,35). The molecular weight excluding hydrogens is 538 g/mol. The van der Waals surface area contributed by atoms with Crippen molar-refractivity contribution >= 4 is 17.8 Å². The number of amides is 1. The third-order valence-corrected chi connectivity index (χ3v) is 7.37.